The zero-order valence-electron chi connectivity index (χ0n) is 13.2. The van der Waals surface area contributed by atoms with Gasteiger partial charge < -0.3 is 14.7 Å². The van der Waals surface area contributed by atoms with E-state index in [2.05, 4.69) is 20.4 Å². The van der Waals surface area contributed by atoms with Crippen molar-refractivity contribution in [3.63, 3.8) is 0 Å². The Bertz CT molecular complexity index is 635. The summed E-state index contributed by atoms with van der Waals surface area (Å²) in [4.78, 5) is 20.3. The van der Waals surface area contributed by atoms with Crippen LogP contribution in [0.2, 0.25) is 0 Å². The van der Waals surface area contributed by atoms with Gasteiger partial charge in [-0.05, 0) is 18.6 Å². The van der Waals surface area contributed by atoms with Crippen LogP contribution in [0.15, 0.2) is 35.1 Å². The highest BCUT2D eigenvalue weighted by molar-refractivity contribution is 5.74. The maximum atomic E-state index is 12.2. The molecular formula is C16H21N5O2. The Kier molecular flexibility index (Phi) is 4.87. The van der Waals surface area contributed by atoms with Crippen LogP contribution in [0.5, 0.6) is 0 Å². The van der Waals surface area contributed by atoms with Crippen LogP contribution in [0.1, 0.15) is 17.0 Å². The molecule has 0 spiro atoms. The zero-order valence-corrected chi connectivity index (χ0v) is 13.2. The van der Waals surface area contributed by atoms with Crippen molar-refractivity contribution in [1.82, 2.24) is 25.3 Å². The first kappa shape index (κ1) is 15.5. The van der Waals surface area contributed by atoms with Crippen LogP contribution in [0.3, 0.4) is 0 Å². The third-order valence-electron chi connectivity index (χ3n) is 3.88. The monoisotopic (exact) mass is 315 g/mol. The number of aromatic nitrogens is 2. The van der Waals surface area contributed by atoms with Gasteiger partial charge >= 0.3 is 6.03 Å². The number of piperazine rings is 1. The SMILES string of the molecule is Cc1cc(CN2CCN(C(=O)NCc3cccnc3)CC2)on1. The lowest BCUT2D eigenvalue weighted by Gasteiger charge is -2.34. The third-order valence-corrected chi connectivity index (χ3v) is 3.88. The molecule has 1 aliphatic heterocycles. The Balaban J connectivity index is 1.42. The summed E-state index contributed by atoms with van der Waals surface area (Å²) in [6.07, 6.45) is 3.48. The summed E-state index contributed by atoms with van der Waals surface area (Å²) >= 11 is 0. The van der Waals surface area contributed by atoms with E-state index in [4.69, 9.17) is 4.52 Å². The lowest BCUT2D eigenvalue weighted by atomic mass is 10.3. The van der Waals surface area contributed by atoms with Gasteiger partial charge in [0.25, 0.3) is 0 Å². The van der Waals surface area contributed by atoms with Crippen molar-refractivity contribution in [2.24, 2.45) is 0 Å². The summed E-state index contributed by atoms with van der Waals surface area (Å²) in [7, 11) is 0. The highest BCUT2D eigenvalue weighted by Crippen LogP contribution is 2.10. The molecule has 0 atom stereocenters. The second-order valence-corrected chi connectivity index (χ2v) is 5.72. The zero-order chi connectivity index (χ0) is 16.1. The summed E-state index contributed by atoms with van der Waals surface area (Å²) in [5, 5.41) is 6.83. The number of nitrogens with one attached hydrogen (secondary N) is 1. The standard InChI is InChI=1S/C16H21N5O2/c1-13-9-15(23-19-13)12-20-5-7-21(8-6-20)16(22)18-11-14-3-2-4-17-10-14/h2-4,9-10H,5-8,11-12H2,1H3,(H,18,22). The summed E-state index contributed by atoms with van der Waals surface area (Å²) in [5.41, 5.74) is 1.90. The van der Waals surface area contributed by atoms with Crippen molar-refractivity contribution in [2.45, 2.75) is 20.0 Å². The van der Waals surface area contributed by atoms with E-state index in [-0.39, 0.29) is 6.03 Å². The number of urea groups is 1. The maximum Gasteiger partial charge on any atom is 0.317 e. The molecule has 1 saturated heterocycles. The lowest BCUT2D eigenvalue weighted by molar-refractivity contribution is 0.128. The van der Waals surface area contributed by atoms with Crippen LogP contribution in [-0.4, -0.2) is 52.2 Å². The van der Waals surface area contributed by atoms with E-state index in [9.17, 15) is 4.79 Å². The van der Waals surface area contributed by atoms with Crippen molar-refractivity contribution in [1.29, 1.82) is 0 Å². The molecule has 122 valence electrons. The third kappa shape index (κ3) is 4.29. The number of hydrogen-bond donors (Lipinski definition) is 1. The van der Waals surface area contributed by atoms with Crippen LogP contribution in [0.4, 0.5) is 4.79 Å². The molecule has 7 heteroatoms. The van der Waals surface area contributed by atoms with Crippen molar-refractivity contribution >= 4 is 6.03 Å². The molecule has 3 rings (SSSR count). The molecule has 2 aromatic heterocycles. The van der Waals surface area contributed by atoms with Crippen molar-refractivity contribution in [3.05, 3.63) is 47.6 Å². The van der Waals surface area contributed by atoms with Gasteiger partial charge in [0.1, 0.15) is 0 Å². The largest absolute Gasteiger partial charge is 0.360 e. The minimum absolute atomic E-state index is 0.0241. The summed E-state index contributed by atoms with van der Waals surface area (Å²) in [5.74, 6) is 0.872. The molecular weight excluding hydrogens is 294 g/mol. The van der Waals surface area contributed by atoms with Gasteiger partial charge in [-0.15, -0.1) is 0 Å². The Labute approximate surface area is 135 Å². The first-order valence-electron chi connectivity index (χ1n) is 7.77. The predicted octanol–water partition coefficient (Wildman–Crippen LogP) is 1.41. The fourth-order valence-corrected chi connectivity index (χ4v) is 2.61. The lowest BCUT2D eigenvalue weighted by Crippen LogP contribution is -2.51. The van der Waals surface area contributed by atoms with Gasteiger partial charge in [-0.3, -0.25) is 9.88 Å². The van der Waals surface area contributed by atoms with E-state index in [1.807, 2.05) is 30.0 Å². The summed E-state index contributed by atoms with van der Waals surface area (Å²) in [6, 6.07) is 5.74. The summed E-state index contributed by atoms with van der Waals surface area (Å²) < 4.78 is 5.24. The molecule has 3 heterocycles. The smallest absolute Gasteiger partial charge is 0.317 e. The van der Waals surface area contributed by atoms with Crippen LogP contribution >= 0.6 is 0 Å². The number of hydrogen-bond acceptors (Lipinski definition) is 5. The number of carbonyl (C=O) groups excluding carboxylic acids is 1. The fourth-order valence-electron chi connectivity index (χ4n) is 2.61. The molecule has 7 nitrogen and oxygen atoms in total. The first-order valence-corrected chi connectivity index (χ1v) is 7.77. The molecule has 1 N–H and O–H groups in total. The van der Waals surface area contributed by atoms with Gasteiger partial charge in [-0.1, -0.05) is 11.2 Å². The highest BCUT2D eigenvalue weighted by atomic mass is 16.5. The van der Waals surface area contributed by atoms with Crippen LogP contribution in [-0.2, 0) is 13.1 Å². The van der Waals surface area contributed by atoms with Gasteiger partial charge in [0.15, 0.2) is 5.76 Å². The minimum Gasteiger partial charge on any atom is -0.360 e. The molecule has 2 amide bonds. The number of rotatable bonds is 4. The molecule has 1 fully saturated rings. The maximum absolute atomic E-state index is 12.2. The van der Waals surface area contributed by atoms with E-state index in [0.717, 1.165) is 36.7 Å². The van der Waals surface area contributed by atoms with Gasteiger partial charge in [-0.2, -0.15) is 0 Å². The number of nitrogens with zero attached hydrogens (tertiary/aromatic N) is 4. The fraction of sp³-hybridized carbons (Fsp3) is 0.438. The van der Waals surface area contributed by atoms with Crippen LogP contribution < -0.4 is 5.32 Å². The molecule has 0 saturated carbocycles. The molecule has 1 aliphatic rings. The number of carbonyl (C=O) groups is 1. The average Bonchev–Trinajstić information content (AvgIpc) is 2.99. The van der Waals surface area contributed by atoms with E-state index < -0.39 is 0 Å². The van der Waals surface area contributed by atoms with Crippen LogP contribution in [0, 0.1) is 6.92 Å². The summed E-state index contributed by atoms with van der Waals surface area (Å²) in [6.45, 7) is 6.26. The molecule has 0 unspecified atom stereocenters. The van der Waals surface area contributed by atoms with E-state index in [1.165, 1.54) is 0 Å². The Morgan fingerprint density at radius 3 is 2.83 bits per heavy atom. The molecule has 0 radical (unpaired) electrons. The Hall–Kier alpha value is -2.41. The van der Waals surface area contributed by atoms with Crippen LogP contribution in [0.25, 0.3) is 0 Å². The molecule has 0 aliphatic carbocycles. The first-order chi connectivity index (χ1) is 11.2. The minimum atomic E-state index is -0.0241. The number of aryl methyl sites for hydroxylation is 1. The van der Waals surface area contributed by atoms with Crippen molar-refractivity contribution in [3.8, 4) is 0 Å². The van der Waals surface area contributed by atoms with Gasteiger partial charge in [0.2, 0.25) is 0 Å². The molecule has 0 bridgehead atoms. The predicted molar refractivity (Wildman–Crippen MR) is 84.6 cm³/mol. The molecule has 2 aromatic rings. The Morgan fingerprint density at radius 2 is 2.17 bits per heavy atom. The topological polar surface area (TPSA) is 74.5 Å². The number of amides is 2. The number of pyridine rings is 1. The quantitative estimate of drug-likeness (QED) is 0.923. The van der Waals surface area contributed by atoms with Crippen molar-refractivity contribution in [2.75, 3.05) is 26.2 Å². The van der Waals surface area contributed by atoms with E-state index in [0.29, 0.717) is 19.6 Å². The second-order valence-electron chi connectivity index (χ2n) is 5.72. The molecule has 0 aromatic carbocycles. The average molecular weight is 315 g/mol. The van der Waals surface area contributed by atoms with E-state index in [1.54, 1.807) is 12.4 Å². The Morgan fingerprint density at radius 1 is 1.35 bits per heavy atom. The van der Waals surface area contributed by atoms with Crippen molar-refractivity contribution < 1.29 is 9.32 Å². The van der Waals surface area contributed by atoms with Gasteiger partial charge in [-0.25, -0.2) is 4.79 Å². The highest BCUT2D eigenvalue weighted by Gasteiger charge is 2.21. The normalized spacial score (nSPS) is 15.6. The molecule has 23 heavy (non-hydrogen) atoms. The van der Waals surface area contributed by atoms with E-state index >= 15 is 0 Å². The second kappa shape index (κ2) is 7.23. The van der Waals surface area contributed by atoms with Gasteiger partial charge in [0.05, 0.1) is 12.2 Å². The van der Waals surface area contributed by atoms with Gasteiger partial charge in [0, 0.05) is 51.2 Å².